The maximum atomic E-state index is 14.7. The van der Waals surface area contributed by atoms with Gasteiger partial charge in [0.25, 0.3) is 5.91 Å². The Morgan fingerprint density at radius 1 is 1.09 bits per heavy atom. The smallest absolute Gasteiger partial charge is 0.412 e. The molecule has 2 saturated heterocycles. The number of nitrogens with one attached hydrogen (secondary N) is 1. The second-order valence-electron chi connectivity index (χ2n) is 16.8. The highest BCUT2D eigenvalue weighted by Crippen LogP contribution is 2.49. The number of benzene rings is 1. The summed E-state index contributed by atoms with van der Waals surface area (Å²) in [4.78, 5) is 41.7. The van der Waals surface area contributed by atoms with Gasteiger partial charge >= 0.3 is 12.1 Å². The molecule has 2 fully saturated rings. The van der Waals surface area contributed by atoms with E-state index in [0.29, 0.717) is 62.0 Å². The molecule has 1 aliphatic carbocycles. The molecule has 290 valence electrons. The summed E-state index contributed by atoms with van der Waals surface area (Å²) in [7, 11) is 3.45. The van der Waals surface area contributed by atoms with Crippen molar-refractivity contribution in [3.63, 3.8) is 0 Å². The summed E-state index contributed by atoms with van der Waals surface area (Å²) in [6, 6.07) is 5.85. The molecule has 4 aliphatic heterocycles. The summed E-state index contributed by atoms with van der Waals surface area (Å²) in [5.41, 5.74) is 3.75. The number of amides is 2. The zero-order valence-electron chi connectivity index (χ0n) is 31.8. The molecule has 54 heavy (non-hydrogen) atoms. The van der Waals surface area contributed by atoms with E-state index in [1.165, 1.54) is 4.90 Å². The number of alkyl halides is 1. The number of anilines is 2. The molecule has 8 rings (SSSR count). The number of nitrogens with zero attached hydrogens (tertiary/aromatic N) is 7. The van der Waals surface area contributed by atoms with Gasteiger partial charge in [-0.25, -0.2) is 9.18 Å². The van der Waals surface area contributed by atoms with Crippen LogP contribution in [0.3, 0.4) is 0 Å². The molecule has 15 heteroatoms. The average molecular weight is 765 g/mol. The number of aryl methyl sites for hydroxylation is 1. The van der Waals surface area contributed by atoms with Crippen LogP contribution in [0.4, 0.5) is 20.7 Å². The minimum absolute atomic E-state index is 0.143. The Balaban J connectivity index is 1.15. The molecule has 0 radical (unpaired) electrons. The van der Waals surface area contributed by atoms with Gasteiger partial charge in [0.1, 0.15) is 24.2 Å². The van der Waals surface area contributed by atoms with E-state index in [0.717, 1.165) is 79.0 Å². The zero-order valence-corrected chi connectivity index (χ0v) is 32.6. The fourth-order valence-electron chi connectivity index (χ4n) is 9.08. The third-order valence-corrected chi connectivity index (χ3v) is 11.8. The van der Waals surface area contributed by atoms with Gasteiger partial charge in [-0.2, -0.15) is 15.1 Å². The lowest BCUT2D eigenvalue weighted by atomic mass is 9.74. The van der Waals surface area contributed by atoms with Gasteiger partial charge in [-0.3, -0.25) is 19.7 Å². The number of hydrogen-bond acceptors (Lipinski definition) is 10. The molecule has 0 saturated carbocycles. The Morgan fingerprint density at radius 3 is 2.72 bits per heavy atom. The highest BCUT2D eigenvalue weighted by atomic mass is 35.5. The zero-order chi connectivity index (χ0) is 38.0. The van der Waals surface area contributed by atoms with Crippen molar-refractivity contribution in [2.24, 2.45) is 0 Å². The maximum absolute atomic E-state index is 14.7. The van der Waals surface area contributed by atoms with Crippen molar-refractivity contribution in [3.8, 4) is 6.01 Å². The van der Waals surface area contributed by atoms with Crippen molar-refractivity contribution in [1.29, 1.82) is 0 Å². The van der Waals surface area contributed by atoms with Crippen molar-refractivity contribution in [1.82, 2.24) is 29.5 Å². The number of halogens is 2. The predicted molar refractivity (Wildman–Crippen MR) is 201 cm³/mol. The largest absolute Gasteiger partial charge is 0.461 e. The highest BCUT2D eigenvalue weighted by Gasteiger charge is 2.50. The van der Waals surface area contributed by atoms with E-state index < -0.39 is 23.5 Å². The van der Waals surface area contributed by atoms with Crippen LogP contribution < -0.4 is 15.0 Å². The monoisotopic (exact) mass is 764 g/mol. The van der Waals surface area contributed by atoms with Crippen LogP contribution in [-0.2, 0) is 47.6 Å². The van der Waals surface area contributed by atoms with Gasteiger partial charge < -0.3 is 24.0 Å². The van der Waals surface area contributed by atoms with E-state index >= 15 is 0 Å². The van der Waals surface area contributed by atoms with E-state index in [1.807, 2.05) is 37.6 Å². The summed E-state index contributed by atoms with van der Waals surface area (Å²) in [6.07, 6.45) is 4.55. The number of rotatable bonds is 6. The number of ether oxygens (including phenoxy) is 3. The average Bonchev–Trinajstić information content (AvgIpc) is 3.73. The molecule has 3 aromatic rings. The van der Waals surface area contributed by atoms with Crippen LogP contribution >= 0.6 is 11.6 Å². The Hall–Kier alpha value is -4.01. The molecule has 1 aromatic carbocycles. The molecule has 5 aliphatic rings. The van der Waals surface area contributed by atoms with Gasteiger partial charge in [0, 0.05) is 62.8 Å². The van der Waals surface area contributed by atoms with Crippen LogP contribution in [0.2, 0.25) is 5.02 Å². The molecule has 1 spiro atoms. The van der Waals surface area contributed by atoms with Crippen LogP contribution in [-0.4, -0.2) is 99.2 Å². The third kappa shape index (κ3) is 7.01. The second kappa shape index (κ2) is 13.9. The number of aromatic nitrogens is 4. The molecular formula is C39H50ClFN8O5. The lowest BCUT2D eigenvalue weighted by Crippen LogP contribution is -2.44. The third-order valence-electron chi connectivity index (χ3n) is 11.5. The van der Waals surface area contributed by atoms with Crippen LogP contribution in [0, 0.1) is 0 Å². The van der Waals surface area contributed by atoms with Gasteiger partial charge in [0.2, 0.25) is 0 Å². The SMILES string of the molecule is CN(C)C(=O)c1cc2n(n1)CCCN(c1nc(OC[C@@]34CCCN3C[C@H](F)C4)nc3c1COC1(CCCc4c(Cl)cc(NC(=O)OC(C)(C)C)cc41)C3)C2. The van der Waals surface area contributed by atoms with Gasteiger partial charge in [-0.15, -0.1) is 0 Å². The van der Waals surface area contributed by atoms with Gasteiger partial charge in [0.05, 0.1) is 35.7 Å². The topological polar surface area (TPSA) is 127 Å². The highest BCUT2D eigenvalue weighted by molar-refractivity contribution is 6.31. The van der Waals surface area contributed by atoms with Crippen molar-refractivity contribution in [3.05, 3.63) is 57.0 Å². The first-order valence-electron chi connectivity index (χ1n) is 19.1. The Bertz CT molecular complexity index is 1970. The quantitative estimate of drug-likeness (QED) is 0.317. The molecule has 6 heterocycles. The van der Waals surface area contributed by atoms with E-state index in [9.17, 15) is 14.0 Å². The molecule has 0 bridgehead atoms. The summed E-state index contributed by atoms with van der Waals surface area (Å²) in [5.74, 6) is 0.584. The molecule has 1 N–H and O–H groups in total. The normalized spacial score (nSPS) is 25.0. The fraction of sp³-hybridized carbons (Fsp3) is 0.615. The summed E-state index contributed by atoms with van der Waals surface area (Å²) >= 11 is 6.91. The van der Waals surface area contributed by atoms with E-state index in [2.05, 4.69) is 20.2 Å². The first-order chi connectivity index (χ1) is 25.7. The predicted octanol–water partition coefficient (Wildman–Crippen LogP) is 6.05. The molecule has 3 atom stereocenters. The minimum atomic E-state index is -0.870. The molecular weight excluding hydrogens is 715 g/mol. The van der Waals surface area contributed by atoms with Crippen LogP contribution in [0.1, 0.15) is 97.9 Å². The van der Waals surface area contributed by atoms with Gasteiger partial charge in [-0.05, 0) is 95.2 Å². The number of fused-ring (bicyclic) bond motifs is 5. The van der Waals surface area contributed by atoms with Crippen molar-refractivity contribution in [2.75, 3.05) is 50.6 Å². The number of hydrogen-bond donors (Lipinski definition) is 1. The second-order valence-corrected chi connectivity index (χ2v) is 17.2. The lowest BCUT2D eigenvalue weighted by Gasteiger charge is -2.43. The Kier molecular flexibility index (Phi) is 9.53. The molecule has 13 nitrogen and oxygen atoms in total. The van der Waals surface area contributed by atoms with Crippen molar-refractivity contribution < 1.29 is 28.2 Å². The van der Waals surface area contributed by atoms with Crippen LogP contribution in [0.25, 0.3) is 0 Å². The number of carbonyl (C=O) groups excluding carboxylic acids is 2. The molecule has 2 amide bonds. The van der Waals surface area contributed by atoms with Gasteiger partial charge in [-0.1, -0.05) is 11.6 Å². The summed E-state index contributed by atoms with van der Waals surface area (Å²) in [6.45, 7) is 9.20. The van der Waals surface area contributed by atoms with Crippen LogP contribution in [0.5, 0.6) is 6.01 Å². The lowest BCUT2D eigenvalue weighted by molar-refractivity contribution is -0.0855. The van der Waals surface area contributed by atoms with Crippen LogP contribution in [0.15, 0.2) is 18.2 Å². The molecule has 2 aromatic heterocycles. The fourth-order valence-corrected chi connectivity index (χ4v) is 9.39. The van der Waals surface area contributed by atoms with Gasteiger partial charge in [0.15, 0.2) is 5.69 Å². The Morgan fingerprint density at radius 2 is 1.93 bits per heavy atom. The first-order valence-corrected chi connectivity index (χ1v) is 19.5. The van der Waals surface area contributed by atoms with Crippen molar-refractivity contribution >= 4 is 35.1 Å². The summed E-state index contributed by atoms with van der Waals surface area (Å²) < 4.78 is 35.6. The number of carbonyl (C=O) groups is 2. The van der Waals surface area contributed by atoms with E-state index in [-0.39, 0.29) is 24.1 Å². The van der Waals surface area contributed by atoms with E-state index in [4.69, 9.17) is 35.8 Å². The summed E-state index contributed by atoms with van der Waals surface area (Å²) in [5, 5.41) is 8.07. The molecule has 1 unspecified atom stereocenters. The minimum Gasteiger partial charge on any atom is -0.461 e. The standard InChI is InChI=1S/C39H50ClFN8O5/c1-37(2,3)54-36(51)42-25-15-29-27(30(40)16-25)9-6-11-39(29)19-32-28(22-53-39)33(44-35(43-32)52-23-38-10-7-13-48(38)20-24(41)18-38)47-12-8-14-49-26(21-47)17-31(45-49)34(50)46(4)5/h15-17,24H,6-14,18-23H2,1-5H3,(H,42,51)/t24-,38+,39?/m1/s1. The Labute approximate surface area is 320 Å². The first kappa shape index (κ1) is 36.9. The maximum Gasteiger partial charge on any atom is 0.412 e. The van der Waals surface area contributed by atoms with E-state index in [1.54, 1.807) is 20.2 Å². The van der Waals surface area contributed by atoms with Crippen molar-refractivity contribution in [2.45, 2.75) is 115 Å².